The van der Waals surface area contributed by atoms with Gasteiger partial charge in [-0.05, 0) is 23.7 Å². The van der Waals surface area contributed by atoms with Crippen molar-refractivity contribution in [2.24, 2.45) is 23.7 Å². The van der Waals surface area contributed by atoms with E-state index in [-0.39, 0.29) is 23.7 Å². The summed E-state index contributed by atoms with van der Waals surface area (Å²) in [6, 6.07) is 0. The number of hydrogen-bond acceptors (Lipinski definition) is 4. The predicted octanol–water partition coefficient (Wildman–Crippen LogP) is 1.76. The predicted molar refractivity (Wildman–Crippen MR) is 78.2 cm³/mol. The average Bonchev–Trinajstić information content (AvgIpc) is 2.35. The van der Waals surface area contributed by atoms with Gasteiger partial charge >= 0.3 is 26.5 Å². The average molecular weight is 341 g/mol. The van der Waals surface area contributed by atoms with Crippen LogP contribution in [0.5, 0.6) is 0 Å². The Morgan fingerprint density at radius 1 is 0.762 bits per heavy atom. The monoisotopic (exact) mass is 341 g/mol. The first-order valence-corrected chi connectivity index (χ1v) is 8.83. The standard InChI is InChI=1S/C15H32O3.H2O.O.Ti/c1-9(2)13(16)15(18,12(7)8)14(17,10(3)4)11(5)6;;;/h9-13,16-18H,1-8H3;1H2;;/q;;;+1/p-1. The van der Waals surface area contributed by atoms with E-state index in [2.05, 4.69) is 0 Å². The van der Waals surface area contributed by atoms with Crippen LogP contribution in [0.3, 0.4) is 0 Å². The number of aliphatic hydroxyl groups excluding tert-OH is 1. The Morgan fingerprint density at radius 2 is 1.00 bits per heavy atom. The van der Waals surface area contributed by atoms with E-state index in [0.717, 1.165) is 0 Å². The summed E-state index contributed by atoms with van der Waals surface area (Å²) in [5.74, 6) is -0.622. The second-order valence-electron chi connectivity index (χ2n) is 6.89. The summed E-state index contributed by atoms with van der Waals surface area (Å²) in [7, 11) is 0. The molecule has 0 aromatic rings. The van der Waals surface area contributed by atoms with E-state index in [9.17, 15) is 15.3 Å². The summed E-state index contributed by atoms with van der Waals surface area (Å²) >= 11 is -1.75. The van der Waals surface area contributed by atoms with Gasteiger partial charge in [-0.2, -0.15) is 0 Å². The van der Waals surface area contributed by atoms with Gasteiger partial charge in [-0.3, -0.25) is 0 Å². The molecule has 0 spiro atoms. The van der Waals surface area contributed by atoms with E-state index in [0.29, 0.717) is 0 Å². The Balaban J connectivity index is 0. The van der Waals surface area contributed by atoms with Crippen LogP contribution in [0.25, 0.3) is 0 Å². The van der Waals surface area contributed by atoms with E-state index < -0.39 is 36.8 Å². The molecular formula is C15H33O5Ti. The van der Waals surface area contributed by atoms with E-state index in [4.69, 9.17) is 7.01 Å². The van der Waals surface area contributed by atoms with Crippen LogP contribution in [0.4, 0.5) is 0 Å². The fourth-order valence-electron chi connectivity index (χ4n) is 3.14. The van der Waals surface area contributed by atoms with Crippen molar-refractivity contribution in [3.05, 3.63) is 0 Å². The van der Waals surface area contributed by atoms with Gasteiger partial charge in [0.05, 0.1) is 6.10 Å². The third kappa shape index (κ3) is 4.91. The first-order valence-electron chi connectivity index (χ1n) is 7.49. The van der Waals surface area contributed by atoms with Gasteiger partial charge in [0.15, 0.2) is 0 Å². The minimum absolute atomic E-state index is 0.110. The molecule has 4 N–H and O–H groups in total. The summed E-state index contributed by atoms with van der Waals surface area (Å²) in [5.41, 5.74) is -2.83. The van der Waals surface area contributed by atoms with Gasteiger partial charge in [-0.15, -0.1) is 0 Å². The Hall–Kier alpha value is 0.354. The molecule has 0 rings (SSSR count). The van der Waals surface area contributed by atoms with Crippen molar-refractivity contribution in [3.8, 4) is 0 Å². The topological polar surface area (TPSA) is 98.0 Å². The third-order valence-electron chi connectivity index (χ3n) is 4.36. The zero-order chi connectivity index (χ0) is 17.6. The molecule has 0 aromatic heterocycles. The summed E-state index contributed by atoms with van der Waals surface area (Å²) in [6.45, 7) is 15.0. The van der Waals surface area contributed by atoms with Gasteiger partial charge in [-0.25, -0.2) is 0 Å². The molecule has 21 heavy (non-hydrogen) atoms. The van der Waals surface area contributed by atoms with Crippen LogP contribution in [-0.4, -0.2) is 36.3 Å². The van der Waals surface area contributed by atoms with E-state index >= 15 is 0 Å². The third-order valence-corrected chi connectivity index (χ3v) is 4.36. The molecule has 127 valence electrons. The first kappa shape index (κ1) is 23.6. The van der Waals surface area contributed by atoms with Crippen LogP contribution in [0.15, 0.2) is 0 Å². The van der Waals surface area contributed by atoms with Crippen molar-refractivity contribution in [1.82, 2.24) is 0 Å². The fraction of sp³-hybridized carbons (Fsp3) is 1.00. The molecule has 0 saturated carbocycles. The number of aliphatic hydroxyl groups is 3. The zero-order valence-electron chi connectivity index (χ0n) is 14.6. The molecule has 5 nitrogen and oxygen atoms in total. The van der Waals surface area contributed by atoms with Crippen LogP contribution in [-0.2, 0) is 22.8 Å². The van der Waals surface area contributed by atoms with Gasteiger partial charge in [0, 0.05) is 0 Å². The summed E-state index contributed by atoms with van der Waals surface area (Å²) in [5, 5.41) is 32.6. The molecular weight excluding hydrogens is 308 g/mol. The fourth-order valence-corrected chi connectivity index (χ4v) is 3.14. The molecule has 0 aromatic carbocycles. The van der Waals surface area contributed by atoms with E-state index in [1.165, 1.54) is 0 Å². The first-order chi connectivity index (χ1) is 9.35. The number of rotatable bonds is 6. The molecule has 0 aliphatic heterocycles. The van der Waals surface area contributed by atoms with Crippen molar-refractivity contribution >= 4 is 0 Å². The molecule has 0 bridgehead atoms. The minimum atomic E-state index is -1.75. The summed E-state index contributed by atoms with van der Waals surface area (Å²) < 4.78 is 15.8. The van der Waals surface area contributed by atoms with Gasteiger partial charge in [-0.1, -0.05) is 55.4 Å². The maximum atomic E-state index is 11.1. The normalized spacial score (nSPS) is 16.6. The molecule has 0 saturated heterocycles. The molecule has 0 aliphatic carbocycles. The van der Waals surface area contributed by atoms with E-state index in [1.54, 1.807) is 0 Å². The van der Waals surface area contributed by atoms with Crippen LogP contribution >= 0.6 is 0 Å². The van der Waals surface area contributed by atoms with Gasteiger partial charge in [0.25, 0.3) is 0 Å². The van der Waals surface area contributed by atoms with Crippen molar-refractivity contribution in [2.45, 2.75) is 72.7 Å². The van der Waals surface area contributed by atoms with Crippen molar-refractivity contribution in [1.29, 1.82) is 0 Å². The van der Waals surface area contributed by atoms with Crippen LogP contribution < -0.4 is 0 Å². The van der Waals surface area contributed by atoms with Crippen molar-refractivity contribution in [2.75, 3.05) is 0 Å². The second kappa shape index (κ2) is 9.48. The Morgan fingerprint density at radius 3 is 1.14 bits per heavy atom. The van der Waals surface area contributed by atoms with Crippen LogP contribution in [0.2, 0.25) is 0 Å². The van der Waals surface area contributed by atoms with E-state index in [1.807, 2.05) is 55.4 Å². The Labute approximate surface area is 138 Å². The molecule has 2 unspecified atom stereocenters. The van der Waals surface area contributed by atoms with Gasteiger partial charge in [0.1, 0.15) is 11.2 Å². The van der Waals surface area contributed by atoms with Crippen LogP contribution in [0, 0.1) is 23.7 Å². The van der Waals surface area contributed by atoms with Crippen molar-refractivity contribution < 1.29 is 41.8 Å². The van der Waals surface area contributed by atoms with Gasteiger partial charge < -0.3 is 15.3 Å². The summed E-state index contributed by atoms with van der Waals surface area (Å²) in [4.78, 5) is 0. The van der Waals surface area contributed by atoms with Gasteiger partial charge in [0.2, 0.25) is 0 Å². The number of hydrogen-bond donors (Lipinski definition) is 4. The van der Waals surface area contributed by atoms with Crippen LogP contribution in [0.1, 0.15) is 55.4 Å². The zero-order valence-corrected chi connectivity index (χ0v) is 16.1. The molecule has 0 fully saturated rings. The molecule has 0 aliphatic rings. The molecule has 6 heteroatoms. The summed E-state index contributed by atoms with van der Waals surface area (Å²) in [6.07, 6.45) is -0.952. The quantitative estimate of drug-likeness (QED) is 0.552. The molecule has 2 atom stereocenters. The maximum absolute atomic E-state index is 11.1. The Kier molecular flexibility index (Phi) is 10.7. The second-order valence-corrected chi connectivity index (χ2v) is 7.18. The van der Waals surface area contributed by atoms with Crippen molar-refractivity contribution in [3.63, 3.8) is 0 Å². The molecule has 0 radical (unpaired) electrons. The Bertz CT molecular complexity index is 296. The molecule has 0 heterocycles. The molecule has 0 amide bonds. The SMILES string of the molecule is CC(C)C(O)C(O)(C(C)C)C(O)(C(C)C)C(C)C.[O]=[Ti][OH].